The van der Waals surface area contributed by atoms with Crippen LogP contribution in [-0.4, -0.2) is 26.4 Å². The van der Waals surface area contributed by atoms with Crippen LogP contribution in [0.3, 0.4) is 0 Å². The molecule has 25 heavy (non-hydrogen) atoms. The predicted octanol–water partition coefficient (Wildman–Crippen LogP) is 4.10. The van der Waals surface area contributed by atoms with E-state index in [9.17, 15) is 9.18 Å². The molecule has 3 aromatic rings. The molecule has 2 heterocycles. The van der Waals surface area contributed by atoms with Gasteiger partial charge in [0.25, 0.3) is 0 Å². The van der Waals surface area contributed by atoms with E-state index in [-0.39, 0.29) is 17.3 Å². The highest BCUT2D eigenvalue weighted by Crippen LogP contribution is 2.21. The average molecular weight is 377 g/mol. The highest BCUT2D eigenvalue weighted by molar-refractivity contribution is 7.99. The minimum absolute atomic E-state index is 0.163. The molecule has 0 bridgehead atoms. The molecule has 5 nitrogen and oxygen atoms in total. The third-order valence-corrected chi connectivity index (χ3v) is 4.40. The second-order valence-corrected chi connectivity index (χ2v) is 6.62. The second kappa shape index (κ2) is 7.67. The fourth-order valence-electron chi connectivity index (χ4n) is 2.16. The van der Waals surface area contributed by atoms with Crippen LogP contribution in [0.15, 0.2) is 53.7 Å². The summed E-state index contributed by atoms with van der Waals surface area (Å²) in [6.45, 7) is 1.78. The van der Waals surface area contributed by atoms with E-state index in [1.807, 2.05) is 0 Å². The van der Waals surface area contributed by atoms with E-state index < -0.39 is 5.82 Å². The van der Waals surface area contributed by atoms with E-state index in [0.29, 0.717) is 21.6 Å². The molecule has 1 amide bonds. The zero-order valence-corrected chi connectivity index (χ0v) is 14.8. The lowest BCUT2D eigenvalue weighted by atomic mass is 10.3. The number of hydrogen-bond acceptors (Lipinski definition) is 4. The fraction of sp³-hybridized carbons (Fsp3) is 0.118. The number of amides is 1. The number of nitrogens with zero attached hydrogens (tertiary/aromatic N) is 3. The van der Waals surface area contributed by atoms with Crippen LogP contribution >= 0.6 is 23.4 Å². The van der Waals surface area contributed by atoms with Crippen LogP contribution in [0.1, 0.15) is 5.69 Å². The Morgan fingerprint density at radius 3 is 2.84 bits per heavy atom. The van der Waals surface area contributed by atoms with Gasteiger partial charge in [0.1, 0.15) is 17.3 Å². The summed E-state index contributed by atoms with van der Waals surface area (Å²) in [5.41, 5.74) is 0.948. The molecule has 1 N–H and O–H groups in total. The SMILES string of the molecule is Cc1cc(NC(=O)CSc2ccc(Cl)cn2)n(-c2ccccc2F)n1. The van der Waals surface area contributed by atoms with Gasteiger partial charge in [-0.2, -0.15) is 5.10 Å². The molecule has 0 aliphatic carbocycles. The van der Waals surface area contributed by atoms with Crippen molar-refractivity contribution in [1.29, 1.82) is 0 Å². The Kier molecular flexibility index (Phi) is 5.35. The molecule has 0 fully saturated rings. The van der Waals surface area contributed by atoms with Gasteiger partial charge in [0.2, 0.25) is 5.91 Å². The van der Waals surface area contributed by atoms with Crippen molar-refractivity contribution in [3.63, 3.8) is 0 Å². The van der Waals surface area contributed by atoms with Crippen molar-refractivity contribution >= 4 is 35.1 Å². The first-order valence-electron chi connectivity index (χ1n) is 7.39. The number of benzene rings is 1. The van der Waals surface area contributed by atoms with Gasteiger partial charge in [0.05, 0.1) is 21.5 Å². The summed E-state index contributed by atoms with van der Waals surface area (Å²) >= 11 is 7.06. The average Bonchev–Trinajstić information content (AvgIpc) is 2.95. The molecule has 0 saturated heterocycles. The minimum atomic E-state index is -0.416. The minimum Gasteiger partial charge on any atom is -0.310 e. The first-order chi connectivity index (χ1) is 12.0. The van der Waals surface area contributed by atoms with Crippen LogP contribution in [0.5, 0.6) is 0 Å². The van der Waals surface area contributed by atoms with Gasteiger partial charge >= 0.3 is 0 Å². The van der Waals surface area contributed by atoms with Crippen LogP contribution < -0.4 is 5.32 Å². The maximum Gasteiger partial charge on any atom is 0.235 e. The molecule has 0 unspecified atom stereocenters. The molecule has 3 rings (SSSR count). The number of halogens is 2. The van der Waals surface area contributed by atoms with Crippen LogP contribution in [0, 0.1) is 12.7 Å². The quantitative estimate of drug-likeness (QED) is 0.681. The number of nitrogens with one attached hydrogen (secondary N) is 1. The van der Waals surface area contributed by atoms with Crippen molar-refractivity contribution in [3.05, 3.63) is 65.2 Å². The Labute approximate surface area is 153 Å². The first kappa shape index (κ1) is 17.4. The number of carbonyl (C=O) groups excluding carboxylic acids is 1. The van der Waals surface area contributed by atoms with Crippen molar-refractivity contribution < 1.29 is 9.18 Å². The van der Waals surface area contributed by atoms with Gasteiger partial charge in [-0.25, -0.2) is 14.1 Å². The number of thioether (sulfide) groups is 1. The summed E-state index contributed by atoms with van der Waals surface area (Å²) in [6.07, 6.45) is 1.53. The van der Waals surface area contributed by atoms with E-state index in [0.717, 1.165) is 0 Å². The van der Waals surface area contributed by atoms with Crippen molar-refractivity contribution in [2.24, 2.45) is 0 Å². The molecule has 0 aliphatic rings. The zero-order valence-electron chi connectivity index (χ0n) is 13.2. The molecule has 128 valence electrons. The second-order valence-electron chi connectivity index (χ2n) is 5.19. The molecule has 0 spiro atoms. The van der Waals surface area contributed by atoms with Crippen LogP contribution in [0.2, 0.25) is 5.02 Å². The predicted molar refractivity (Wildman–Crippen MR) is 96.9 cm³/mol. The monoisotopic (exact) mass is 376 g/mol. The summed E-state index contributed by atoms with van der Waals surface area (Å²) in [7, 11) is 0. The summed E-state index contributed by atoms with van der Waals surface area (Å²) < 4.78 is 15.4. The molecule has 1 aromatic carbocycles. The number of pyridine rings is 1. The molecule has 2 aromatic heterocycles. The molecule has 0 atom stereocenters. The summed E-state index contributed by atoms with van der Waals surface area (Å²) in [4.78, 5) is 16.3. The van der Waals surface area contributed by atoms with E-state index >= 15 is 0 Å². The Hall–Kier alpha value is -2.38. The van der Waals surface area contributed by atoms with E-state index in [1.165, 1.54) is 28.7 Å². The van der Waals surface area contributed by atoms with Crippen molar-refractivity contribution in [2.45, 2.75) is 11.9 Å². The number of aryl methyl sites for hydroxylation is 1. The molecular weight excluding hydrogens is 363 g/mol. The molecule has 8 heteroatoms. The van der Waals surface area contributed by atoms with Gasteiger partial charge in [-0.3, -0.25) is 4.79 Å². The van der Waals surface area contributed by atoms with Crippen molar-refractivity contribution in [3.8, 4) is 5.69 Å². The third kappa shape index (κ3) is 4.37. The Balaban J connectivity index is 1.71. The lowest BCUT2D eigenvalue weighted by Gasteiger charge is -2.09. The first-order valence-corrected chi connectivity index (χ1v) is 8.75. The maximum absolute atomic E-state index is 14.0. The lowest BCUT2D eigenvalue weighted by Crippen LogP contribution is -2.17. The molecular formula is C17H14ClFN4OS. The van der Waals surface area contributed by atoms with Gasteiger partial charge in [-0.15, -0.1) is 0 Å². The number of aromatic nitrogens is 3. The smallest absolute Gasteiger partial charge is 0.235 e. The number of carbonyl (C=O) groups is 1. The van der Waals surface area contributed by atoms with Gasteiger partial charge in [-0.05, 0) is 31.2 Å². The molecule has 0 radical (unpaired) electrons. The topological polar surface area (TPSA) is 59.8 Å². The van der Waals surface area contributed by atoms with Crippen LogP contribution in [-0.2, 0) is 4.79 Å². The van der Waals surface area contributed by atoms with Crippen molar-refractivity contribution in [1.82, 2.24) is 14.8 Å². The van der Waals surface area contributed by atoms with Crippen molar-refractivity contribution in [2.75, 3.05) is 11.1 Å². The third-order valence-electron chi connectivity index (χ3n) is 3.23. The molecule has 0 aliphatic heterocycles. The highest BCUT2D eigenvalue weighted by Gasteiger charge is 2.14. The van der Waals surface area contributed by atoms with E-state index in [2.05, 4.69) is 15.4 Å². The standard InChI is InChI=1S/C17H14ClFN4OS/c1-11-8-15(23(22-11)14-5-3-2-4-13(14)19)21-16(24)10-25-17-7-6-12(18)9-20-17/h2-9H,10H2,1H3,(H,21,24). The van der Waals surface area contributed by atoms with E-state index in [1.54, 1.807) is 43.3 Å². The highest BCUT2D eigenvalue weighted by atomic mass is 35.5. The Morgan fingerprint density at radius 2 is 2.12 bits per heavy atom. The van der Waals surface area contributed by atoms with Gasteiger partial charge < -0.3 is 5.32 Å². The van der Waals surface area contributed by atoms with E-state index in [4.69, 9.17) is 11.6 Å². The number of rotatable bonds is 5. The molecule has 0 saturated carbocycles. The van der Waals surface area contributed by atoms with Gasteiger partial charge in [0.15, 0.2) is 0 Å². The summed E-state index contributed by atoms with van der Waals surface area (Å²) in [6, 6.07) is 11.4. The van der Waals surface area contributed by atoms with Gasteiger partial charge in [0, 0.05) is 12.3 Å². The fourth-order valence-corrected chi connectivity index (χ4v) is 2.92. The normalized spacial score (nSPS) is 10.7. The Bertz CT molecular complexity index is 898. The summed E-state index contributed by atoms with van der Waals surface area (Å²) in [5.74, 6) is -0.0757. The van der Waals surface area contributed by atoms with Crippen LogP contribution in [0.4, 0.5) is 10.2 Å². The largest absolute Gasteiger partial charge is 0.310 e. The Morgan fingerprint density at radius 1 is 1.32 bits per heavy atom. The summed E-state index contributed by atoms with van der Waals surface area (Å²) in [5, 5.41) is 8.24. The number of hydrogen-bond donors (Lipinski definition) is 1. The van der Waals surface area contributed by atoms with Gasteiger partial charge in [-0.1, -0.05) is 35.5 Å². The zero-order chi connectivity index (χ0) is 17.8. The number of para-hydroxylation sites is 1. The number of anilines is 1. The van der Waals surface area contributed by atoms with Crippen LogP contribution in [0.25, 0.3) is 5.69 Å². The lowest BCUT2D eigenvalue weighted by molar-refractivity contribution is -0.113. The maximum atomic E-state index is 14.0.